The SMILES string of the molecule is CCC(=O)c1ccc(OCC2CN(C3=Nc4cc(Cl)ccc4Oc4ccccc43)CCN2)cc1. The van der Waals surface area contributed by atoms with E-state index in [-0.39, 0.29) is 11.8 Å². The number of benzene rings is 3. The second kappa shape index (κ2) is 9.87. The lowest BCUT2D eigenvalue weighted by molar-refractivity contribution is 0.0988. The quantitative estimate of drug-likeness (QED) is 0.496. The molecule has 0 amide bonds. The van der Waals surface area contributed by atoms with Crippen LogP contribution in [0.15, 0.2) is 71.7 Å². The van der Waals surface area contributed by atoms with Crippen molar-refractivity contribution in [2.45, 2.75) is 19.4 Å². The summed E-state index contributed by atoms with van der Waals surface area (Å²) in [5, 5.41) is 4.16. The Hall–Kier alpha value is -3.35. The number of hydrogen-bond acceptors (Lipinski definition) is 6. The number of para-hydroxylation sites is 1. The number of carbonyl (C=O) groups is 1. The highest BCUT2D eigenvalue weighted by Gasteiger charge is 2.27. The Morgan fingerprint density at radius 1 is 1.15 bits per heavy atom. The van der Waals surface area contributed by atoms with Gasteiger partial charge in [0.05, 0.1) is 11.6 Å². The Balaban J connectivity index is 1.34. The summed E-state index contributed by atoms with van der Waals surface area (Å²) in [6.07, 6.45) is 0.497. The predicted molar refractivity (Wildman–Crippen MR) is 134 cm³/mol. The number of aliphatic imine (C=N–C) groups is 1. The number of Topliss-reactive ketones (excluding diaryl/α,β-unsaturated/α-hetero) is 1. The third kappa shape index (κ3) is 4.79. The Kier molecular flexibility index (Phi) is 6.52. The van der Waals surface area contributed by atoms with Crippen LogP contribution in [0.5, 0.6) is 17.2 Å². The molecule has 1 atom stereocenters. The van der Waals surface area contributed by atoms with Crippen LogP contribution in [0.3, 0.4) is 0 Å². The fourth-order valence-corrected chi connectivity index (χ4v) is 4.37. The predicted octanol–water partition coefficient (Wildman–Crippen LogP) is 5.47. The van der Waals surface area contributed by atoms with E-state index in [1.807, 2.05) is 73.7 Å². The minimum atomic E-state index is 0.114. The summed E-state index contributed by atoms with van der Waals surface area (Å²) in [6, 6.07) is 20.9. The first-order chi connectivity index (χ1) is 16.6. The van der Waals surface area contributed by atoms with Crippen molar-refractivity contribution < 1.29 is 14.3 Å². The molecule has 0 spiro atoms. The van der Waals surface area contributed by atoms with Gasteiger partial charge >= 0.3 is 0 Å². The maximum Gasteiger partial charge on any atom is 0.162 e. The van der Waals surface area contributed by atoms with Gasteiger partial charge in [0.1, 0.15) is 29.6 Å². The molecule has 2 aliphatic heterocycles. The van der Waals surface area contributed by atoms with Crippen LogP contribution in [0.4, 0.5) is 5.69 Å². The van der Waals surface area contributed by atoms with Crippen LogP contribution in [-0.4, -0.2) is 48.8 Å². The molecule has 1 saturated heterocycles. The molecule has 2 aliphatic rings. The Morgan fingerprint density at radius 2 is 1.97 bits per heavy atom. The molecule has 0 radical (unpaired) electrons. The van der Waals surface area contributed by atoms with E-state index in [1.54, 1.807) is 0 Å². The molecule has 3 aromatic carbocycles. The van der Waals surface area contributed by atoms with E-state index >= 15 is 0 Å². The summed E-state index contributed by atoms with van der Waals surface area (Å²) in [4.78, 5) is 19.1. The number of amidine groups is 1. The molecule has 1 unspecified atom stereocenters. The van der Waals surface area contributed by atoms with Gasteiger partial charge in [-0.3, -0.25) is 4.79 Å². The van der Waals surface area contributed by atoms with Crippen molar-refractivity contribution in [3.63, 3.8) is 0 Å². The number of nitrogens with zero attached hydrogens (tertiary/aromatic N) is 2. The highest BCUT2D eigenvalue weighted by Crippen LogP contribution is 2.39. The average molecular weight is 476 g/mol. The maximum atomic E-state index is 11.8. The lowest BCUT2D eigenvalue weighted by Gasteiger charge is -2.35. The topological polar surface area (TPSA) is 63.2 Å². The largest absolute Gasteiger partial charge is 0.492 e. The zero-order valence-electron chi connectivity index (χ0n) is 19.0. The van der Waals surface area contributed by atoms with Crippen LogP contribution in [0.25, 0.3) is 0 Å². The van der Waals surface area contributed by atoms with Crippen LogP contribution in [0.2, 0.25) is 5.02 Å². The molecule has 3 aromatic rings. The number of halogens is 1. The highest BCUT2D eigenvalue weighted by molar-refractivity contribution is 6.31. The standard InChI is InChI=1S/C27H26ClN3O3/c1-2-24(32)18-7-10-21(11-8-18)33-17-20-16-31(14-13-29-20)27-22-5-3-4-6-25(22)34-26-12-9-19(28)15-23(26)30-27/h3-12,15,20,29H,2,13-14,16-17H2,1H3. The zero-order chi connectivity index (χ0) is 23.5. The van der Waals surface area contributed by atoms with Crippen molar-refractivity contribution in [3.05, 3.63) is 82.9 Å². The molecule has 0 aliphatic carbocycles. The van der Waals surface area contributed by atoms with Crippen LogP contribution >= 0.6 is 11.6 Å². The van der Waals surface area contributed by atoms with E-state index in [2.05, 4.69) is 10.2 Å². The fraction of sp³-hybridized carbons (Fsp3) is 0.259. The van der Waals surface area contributed by atoms with Gasteiger partial charge in [0, 0.05) is 36.6 Å². The summed E-state index contributed by atoms with van der Waals surface area (Å²) in [5.41, 5.74) is 2.38. The first-order valence-corrected chi connectivity index (χ1v) is 11.9. The Bertz CT molecular complexity index is 1230. The molecule has 6 nitrogen and oxygen atoms in total. The second-order valence-electron chi connectivity index (χ2n) is 8.35. The number of carbonyl (C=O) groups excluding carboxylic acids is 1. The molecular formula is C27H26ClN3O3. The van der Waals surface area contributed by atoms with Crippen LogP contribution in [0.1, 0.15) is 29.3 Å². The van der Waals surface area contributed by atoms with Crippen molar-refractivity contribution in [1.29, 1.82) is 0 Å². The van der Waals surface area contributed by atoms with Gasteiger partial charge in [0.25, 0.3) is 0 Å². The molecule has 1 fully saturated rings. The van der Waals surface area contributed by atoms with E-state index in [9.17, 15) is 4.79 Å². The third-order valence-corrected chi connectivity index (χ3v) is 6.23. The first kappa shape index (κ1) is 22.4. The van der Waals surface area contributed by atoms with Crippen molar-refractivity contribution in [2.24, 2.45) is 4.99 Å². The first-order valence-electron chi connectivity index (χ1n) is 11.5. The van der Waals surface area contributed by atoms with E-state index in [0.717, 1.165) is 42.5 Å². The minimum absolute atomic E-state index is 0.114. The van der Waals surface area contributed by atoms with Gasteiger partial charge in [0.2, 0.25) is 0 Å². The minimum Gasteiger partial charge on any atom is -0.492 e. The lowest BCUT2D eigenvalue weighted by atomic mass is 10.1. The second-order valence-corrected chi connectivity index (χ2v) is 8.79. The van der Waals surface area contributed by atoms with Gasteiger partial charge in [-0.2, -0.15) is 0 Å². The Morgan fingerprint density at radius 3 is 2.79 bits per heavy atom. The maximum absolute atomic E-state index is 11.8. The number of hydrogen-bond donors (Lipinski definition) is 1. The van der Waals surface area contributed by atoms with Gasteiger partial charge in [-0.1, -0.05) is 30.7 Å². The molecule has 7 heteroatoms. The van der Waals surface area contributed by atoms with Gasteiger partial charge in [-0.25, -0.2) is 4.99 Å². The highest BCUT2D eigenvalue weighted by atomic mass is 35.5. The van der Waals surface area contributed by atoms with Gasteiger partial charge < -0.3 is 19.7 Å². The van der Waals surface area contributed by atoms with Crippen LogP contribution in [-0.2, 0) is 0 Å². The third-order valence-electron chi connectivity index (χ3n) is 6.00. The number of nitrogens with one attached hydrogen (secondary N) is 1. The summed E-state index contributed by atoms with van der Waals surface area (Å²) >= 11 is 6.25. The molecule has 2 heterocycles. The smallest absolute Gasteiger partial charge is 0.162 e. The molecular weight excluding hydrogens is 450 g/mol. The fourth-order valence-electron chi connectivity index (χ4n) is 4.21. The summed E-state index contributed by atoms with van der Waals surface area (Å²) in [6.45, 7) is 4.72. The number of ether oxygens (including phenoxy) is 2. The lowest BCUT2D eigenvalue weighted by Crippen LogP contribution is -2.54. The Labute approximate surface area is 204 Å². The number of piperazine rings is 1. The number of ketones is 1. The van der Waals surface area contributed by atoms with Gasteiger partial charge in [-0.15, -0.1) is 0 Å². The zero-order valence-corrected chi connectivity index (χ0v) is 19.7. The van der Waals surface area contributed by atoms with Crippen molar-refractivity contribution >= 4 is 28.9 Å². The molecule has 0 aromatic heterocycles. The van der Waals surface area contributed by atoms with E-state index in [1.165, 1.54) is 0 Å². The molecule has 0 saturated carbocycles. The molecule has 34 heavy (non-hydrogen) atoms. The summed E-state index contributed by atoms with van der Waals surface area (Å²) in [5.74, 6) is 3.21. The monoisotopic (exact) mass is 475 g/mol. The van der Waals surface area contributed by atoms with Gasteiger partial charge in [-0.05, 0) is 54.6 Å². The molecule has 5 rings (SSSR count). The average Bonchev–Trinajstić information content (AvgIpc) is 3.04. The van der Waals surface area contributed by atoms with Crippen LogP contribution in [0, 0.1) is 0 Å². The van der Waals surface area contributed by atoms with Gasteiger partial charge in [0.15, 0.2) is 11.5 Å². The van der Waals surface area contributed by atoms with Crippen molar-refractivity contribution in [3.8, 4) is 17.2 Å². The number of rotatable bonds is 5. The van der Waals surface area contributed by atoms with Crippen LogP contribution < -0.4 is 14.8 Å². The summed E-state index contributed by atoms with van der Waals surface area (Å²) < 4.78 is 12.2. The van der Waals surface area contributed by atoms with E-state index in [4.69, 9.17) is 26.1 Å². The molecule has 0 bridgehead atoms. The normalized spacial score (nSPS) is 17.1. The van der Waals surface area contributed by atoms with Crippen molar-refractivity contribution in [2.75, 3.05) is 26.2 Å². The number of fused-ring (bicyclic) bond motifs is 2. The van der Waals surface area contributed by atoms with Crippen molar-refractivity contribution in [1.82, 2.24) is 10.2 Å². The summed E-state index contributed by atoms with van der Waals surface area (Å²) in [7, 11) is 0. The molecule has 1 N–H and O–H groups in total. The van der Waals surface area contributed by atoms with E-state index in [0.29, 0.717) is 35.1 Å². The van der Waals surface area contributed by atoms with E-state index < -0.39 is 0 Å². The molecule has 174 valence electrons.